The number of rotatable bonds is 2. The van der Waals surface area contributed by atoms with Gasteiger partial charge in [0.15, 0.2) is 5.82 Å². The average Bonchev–Trinajstić information content (AvgIpc) is 2.77. The Bertz CT molecular complexity index is 457. The Hall–Kier alpha value is -1.69. The lowest BCUT2D eigenvalue weighted by molar-refractivity contribution is 0.0144. The lowest BCUT2D eigenvalue weighted by Crippen LogP contribution is -2.39. The SMILES string of the molecule is NCC1CCC2(CC1)CN(c1cccnn1)C(=O)O2. The zero-order valence-corrected chi connectivity index (χ0v) is 10.8. The van der Waals surface area contributed by atoms with Gasteiger partial charge in [0.05, 0.1) is 6.54 Å². The van der Waals surface area contributed by atoms with E-state index in [2.05, 4.69) is 10.2 Å². The van der Waals surface area contributed by atoms with Gasteiger partial charge in [-0.3, -0.25) is 4.90 Å². The molecule has 0 aromatic carbocycles. The van der Waals surface area contributed by atoms with E-state index in [0.29, 0.717) is 18.3 Å². The van der Waals surface area contributed by atoms with E-state index in [1.165, 1.54) is 0 Å². The molecule has 102 valence electrons. The number of hydrogen-bond acceptors (Lipinski definition) is 5. The molecule has 0 bridgehead atoms. The van der Waals surface area contributed by atoms with Crippen LogP contribution in [0.3, 0.4) is 0 Å². The van der Waals surface area contributed by atoms with E-state index in [1.807, 2.05) is 0 Å². The Labute approximate surface area is 111 Å². The Balaban J connectivity index is 1.74. The van der Waals surface area contributed by atoms with Crippen LogP contribution in [0, 0.1) is 5.92 Å². The summed E-state index contributed by atoms with van der Waals surface area (Å²) in [5.41, 5.74) is 5.35. The highest BCUT2D eigenvalue weighted by atomic mass is 16.6. The van der Waals surface area contributed by atoms with E-state index in [0.717, 1.165) is 32.2 Å². The molecule has 2 heterocycles. The summed E-state index contributed by atoms with van der Waals surface area (Å²) >= 11 is 0. The van der Waals surface area contributed by atoms with Crippen LogP contribution in [0.2, 0.25) is 0 Å². The molecule has 2 fully saturated rings. The summed E-state index contributed by atoms with van der Waals surface area (Å²) in [5.74, 6) is 1.13. The van der Waals surface area contributed by atoms with Crippen LogP contribution in [0.25, 0.3) is 0 Å². The molecule has 19 heavy (non-hydrogen) atoms. The van der Waals surface area contributed by atoms with Crippen molar-refractivity contribution in [3.63, 3.8) is 0 Å². The van der Waals surface area contributed by atoms with Crippen molar-refractivity contribution in [1.29, 1.82) is 0 Å². The third kappa shape index (κ3) is 2.28. The van der Waals surface area contributed by atoms with Crippen LogP contribution in [0.4, 0.5) is 10.6 Å². The second-order valence-electron chi connectivity index (χ2n) is 5.40. The van der Waals surface area contributed by atoms with Crippen molar-refractivity contribution in [3.8, 4) is 0 Å². The van der Waals surface area contributed by atoms with E-state index in [4.69, 9.17) is 10.5 Å². The van der Waals surface area contributed by atoms with E-state index < -0.39 is 0 Å². The fourth-order valence-electron chi connectivity index (χ4n) is 2.94. The first kappa shape index (κ1) is 12.3. The molecular weight excluding hydrogens is 244 g/mol. The van der Waals surface area contributed by atoms with Crippen LogP contribution in [0.5, 0.6) is 0 Å². The molecule has 1 saturated heterocycles. The molecule has 0 unspecified atom stereocenters. The first-order valence-electron chi connectivity index (χ1n) is 6.71. The van der Waals surface area contributed by atoms with Crippen LogP contribution < -0.4 is 10.6 Å². The maximum Gasteiger partial charge on any atom is 0.416 e. The molecule has 1 saturated carbocycles. The molecule has 1 aliphatic carbocycles. The molecule has 1 spiro atoms. The van der Waals surface area contributed by atoms with Crippen LogP contribution in [-0.4, -0.2) is 35.0 Å². The maximum absolute atomic E-state index is 12.0. The molecule has 6 heteroatoms. The van der Waals surface area contributed by atoms with Crippen molar-refractivity contribution in [2.45, 2.75) is 31.3 Å². The molecule has 3 rings (SSSR count). The van der Waals surface area contributed by atoms with Gasteiger partial charge >= 0.3 is 6.09 Å². The summed E-state index contributed by atoms with van der Waals surface area (Å²) in [6, 6.07) is 3.55. The largest absolute Gasteiger partial charge is 0.441 e. The fraction of sp³-hybridized carbons (Fsp3) is 0.615. The standard InChI is InChI=1S/C13H18N4O2/c14-8-10-3-5-13(6-4-10)9-17(12(18)19-13)11-2-1-7-15-16-11/h1-2,7,10H,3-6,8-9,14H2. The van der Waals surface area contributed by atoms with E-state index in [9.17, 15) is 4.79 Å². The number of nitrogens with two attached hydrogens (primary N) is 1. The number of ether oxygens (including phenoxy) is 1. The number of nitrogens with zero attached hydrogens (tertiary/aromatic N) is 3. The van der Waals surface area contributed by atoms with Gasteiger partial charge in [-0.15, -0.1) is 5.10 Å². The van der Waals surface area contributed by atoms with Gasteiger partial charge in [0, 0.05) is 6.20 Å². The molecule has 6 nitrogen and oxygen atoms in total. The van der Waals surface area contributed by atoms with Crippen LogP contribution in [0.15, 0.2) is 18.3 Å². The summed E-state index contributed by atoms with van der Waals surface area (Å²) in [7, 11) is 0. The van der Waals surface area contributed by atoms with Gasteiger partial charge in [-0.1, -0.05) is 0 Å². The zero-order chi connectivity index (χ0) is 13.3. The van der Waals surface area contributed by atoms with Gasteiger partial charge in [0.25, 0.3) is 0 Å². The quantitative estimate of drug-likeness (QED) is 0.869. The number of anilines is 1. The molecule has 1 aromatic rings. The summed E-state index contributed by atoms with van der Waals surface area (Å²) < 4.78 is 5.63. The predicted octanol–water partition coefficient (Wildman–Crippen LogP) is 1.32. The number of aromatic nitrogens is 2. The second-order valence-corrected chi connectivity index (χ2v) is 5.40. The molecule has 2 N–H and O–H groups in total. The fourth-order valence-corrected chi connectivity index (χ4v) is 2.94. The highest BCUT2D eigenvalue weighted by molar-refractivity contribution is 5.89. The van der Waals surface area contributed by atoms with Crippen molar-refractivity contribution < 1.29 is 9.53 Å². The van der Waals surface area contributed by atoms with E-state index in [-0.39, 0.29) is 11.7 Å². The van der Waals surface area contributed by atoms with Crippen molar-refractivity contribution >= 4 is 11.9 Å². The monoisotopic (exact) mass is 262 g/mol. The average molecular weight is 262 g/mol. The molecule has 1 aliphatic heterocycles. The molecule has 0 radical (unpaired) electrons. The van der Waals surface area contributed by atoms with E-state index >= 15 is 0 Å². The van der Waals surface area contributed by atoms with Crippen molar-refractivity contribution in [1.82, 2.24) is 10.2 Å². The number of carbonyl (C=O) groups excluding carboxylic acids is 1. The van der Waals surface area contributed by atoms with Crippen LogP contribution in [-0.2, 0) is 4.74 Å². The van der Waals surface area contributed by atoms with Crippen molar-refractivity contribution in [2.24, 2.45) is 11.7 Å². The summed E-state index contributed by atoms with van der Waals surface area (Å²) in [4.78, 5) is 13.6. The first-order chi connectivity index (χ1) is 9.22. The summed E-state index contributed by atoms with van der Waals surface area (Å²) in [5, 5.41) is 7.78. The number of hydrogen-bond donors (Lipinski definition) is 1. The molecule has 1 aromatic heterocycles. The molecular formula is C13H18N4O2. The van der Waals surface area contributed by atoms with Gasteiger partial charge < -0.3 is 10.5 Å². The zero-order valence-electron chi connectivity index (χ0n) is 10.8. The van der Waals surface area contributed by atoms with E-state index in [1.54, 1.807) is 23.2 Å². The Kier molecular flexibility index (Phi) is 3.10. The van der Waals surface area contributed by atoms with Gasteiger partial charge in [-0.25, -0.2) is 4.79 Å². The number of carbonyl (C=O) groups is 1. The van der Waals surface area contributed by atoms with Gasteiger partial charge in [-0.05, 0) is 50.3 Å². The topological polar surface area (TPSA) is 81.3 Å². The smallest absolute Gasteiger partial charge is 0.416 e. The maximum atomic E-state index is 12.0. The minimum absolute atomic E-state index is 0.313. The van der Waals surface area contributed by atoms with Crippen molar-refractivity contribution in [2.75, 3.05) is 18.0 Å². The van der Waals surface area contributed by atoms with Crippen molar-refractivity contribution in [3.05, 3.63) is 18.3 Å². The normalized spacial score (nSPS) is 30.7. The minimum atomic E-state index is -0.347. The minimum Gasteiger partial charge on any atom is -0.441 e. The summed E-state index contributed by atoms with van der Waals surface area (Å²) in [6.45, 7) is 1.29. The number of amides is 1. The third-order valence-corrected chi connectivity index (χ3v) is 4.15. The molecule has 2 aliphatic rings. The Morgan fingerprint density at radius 2 is 2.26 bits per heavy atom. The Morgan fingerprint density at radius 1 is 1.47 bits per heavy atom. The van der Waals surface area contributed by atoms with Gasteiger partial charge in [0.1, 0.15) is 5.60 Å². The highest BCUT2D eigenvalue weighted by Gasteiger charge is 2.47. The lowest BCUT2D eigenvalue weighted by Gasteiger charge is -2.34. The molecule has 1 amide bonds. The van der Waals surface area contributed by atoms with Crippen LogP contribution in [0.1, 0.15) is 25.7 Å². The van der Waals surface area contributed by atoms with Gasteiger partial charge in [-0.2, -0.15) is 5.10 Å². The third-order valence-electron chi connectivity index (χ3n) is 4.15. The van der Waals surface area contributed by atoms with Crippen LogP contribution >= 0.6 is 0 Å². The van der Waals surface area contributed by atoms with Gasteiger partial charge in [0.2, 0.25) is 0 Å². The predicted molar refractivity (Wildman–Crippen MR) is 69.6 cm³/mol. The molecule has 0 atom stereocenters. The first-order valence-corrected chi connectivity index (χ1v) is 6.71. The lowest BCUT2D eigenvalue weighted by atomic mass is 9.79. The second kappa shape index (κ2) is 4.77. The summed E-state index contributed by atoms with van der Waals surface area (Å²) in [6.07, 6.45) is 5.10. The highest BCUT2D eigenvalue weighted by Crippen LogP contribution is 2.39. The Morgan fingerprint density at radius 3 is 2.89 bits per heavy atom.